The van der Waals surface area contributed by atoms with Crippen LogP contribution in [-0.2, 0) is 0 Å². The van der Waals surface area contributed by atoms with Crippen molar-refractivity contribution in [3.8, 4) is 22.3 Å². The van der Waals surface area contributed by atoms with Gasteiger partial charge in [0.15, 0.2) is 0 Å². The number of fused-ring (bicyclic) bond motifs is 5. The molecule has 8 aromatic carbocycles. The molecule has 0 heteroatoms. The first-order chi connectivity index (χ1) is 23.6. The summed E-state index contributed by atoms with van der Waals surface area (Å²) in [7, 11) is 0. The van der Waals surface area contributed by atoms with Crippen molar-refractivity contribution >= 4 is 66.9 Å². The van der Waals surface area contributed by atoms with Crippen molar-refractivity contribution in [1.29, 1.82) is 0 Å². The molecule has 226 valence electrons. The molecule has 48 heavy (non-hydrogen) atoms. The fourth-order valence-electron chi connectivity index (χ4n) is 7.63. The molecule has 0 nitrogen and oxygen atoms in total. The summed E-state index contributed by atoms with van der Waals surface area (Å²) in [6.07, 6.45) is 5.84. The highest BCUT2D eigenvalue weighted by Crippen LogP contribution is 2.47. The first-order valence-corrected chi connectivity index (χ1v) is 16.3. The topological polar surface area (TPSA) is 0 Å². The fourth-order valence-corrected chi connectivity index (χ4v) is 7.63. The zero-order chi connectivity index (χ0) is 32.8. The van der Waals surface area contributed by atoms with Crippen molar-refractivity contribution in [2.45, 2.75) is 0 Å². The molecule has 0 aliphatic heterocycles. The minimum atomic E-state index is 0.939. The molecular weight excluding hydrogens is 577 g/mol. The molecule has 0 saturated carbocycles. The van der Waals surface area contributed by atoms with Crippen LogP contribution in [0.4, 0.5) is 0 Å². The maximum Gasteiger partial charge on any atom is -0.00203 e. The minimum absolute atomic E-state index is 0.939. The van der Waals surface area contributed by atoms with Gasteiger partial charge in [0.1, 0.15) is 0 Å². The summed E-state index contributed by atoms with van der Waals surface area (Å²) in [4.78, 5) is 0. The smallest absolute Gasteiger partial charge is 0.00203 e. The van der Waals surface area contributed by atoms with Crippen molar-refractivity contribution < 1.29 is 0 Å². The Kier molecular flexibility index (Phi) is 7.20. The van der Waals surface area contributed by atoms with E-state index in [-0.39, 0.29) is 0 Å². The molecular formula is C48H34. The van der Waals surface area contributed by atoms with Crippen LogP contribution in [0.2, 0.25) is 0 Å². The molecule has 0 saturated heterocycles. The van der Waals surface area contributed by atoms with E-state index < -0.39 is 0 Å². The Morgan fingerprint density at radius 1 is 0.417 bits per heavy atom. The molecule has 0 radical (unpaired) electrons. The summed E-state index contributed by atoms with van der Waals surface area (Å²) < 4.78 is 0. The molecule has 8 rings (SSSR count). The Bertz CT molecular complexity index is 2630. The van der Waals surface area contributed by atoms with Crippen LogP contribution >= 0.6 is 0 Å². The monoisotopic (exact) mass is 610 g/mol. The van der Waals surface area contributed by atoms with E-state index in [1.807, 2.05) is 24.3 Å². The molecule has 0 aliphatic rings. The van der Waals surface area contributed by atoms with Gasteiger partial charge in [-0.05, 0) is 105 Å². The first kappa shape index (κ1) is 29.2. The summed E-state index contributed by atoms with van der Waals surface area (Å²) in [6, 6.07) is 50.1. The van der Waals surface area contributed by atoms with Gasteiger partial charge in [0.05, 0.1) is 0 Å². The molecule has 0 aromatic heterocycles. The number of hydrogen-bond donors (Lipinski definition) is 0. The van der Waals surface area contributed by atoms with Crippen molar-refractivity contribution in [2.24, 2.45) is 0 Å². The highest BCUT2D eigenvalue weighted by Gasteiger charge is 2.22. The van der Waals surface area contributed by atoms with Crippen LogP contribution in [0.25, 0.3) is 89.1 Å². The lowest BCUT2D eigenvalue weighted by Crippen LogP contribution is -2.00. The Morgan fingerprint density at radius 3 is 1.62 bits per heavy atom. The van der Waals surface area contributed by atoms with Gasteiger partial charge in [0, 0.05) is 0 Å². The Labute approximate surface area is 281 Å². The highest BCUT2D eigenvalue weighted by atomic mass is 14.3. The minimum Gasteiger partial charge on any atom is -0.0984 e. The van der Waals surface area contributed by atoms with E-state index in [1.165, 1.54) is 43.4 Å². The van der Waals surface area contributed by atoms with Gasteiger partial charge in [-0.2, -0.15) is 0 Å². The SMILES string of the molecule is C=Cc1ccccc1C(=C)c1c(C=C)c(C=C)c(-c2ccc(-c3cc4ccccc4c4ccccc34)c3ccccc23)c2ccccc12. The van der Waals surface area contributed by atoms with Gasteiger partial charge in [-0.25, -0.2) is 0 Å². The van der Waals surface area contributed by atoms with Crippen LogP contribution in [0.15, 0.2) is 166 Å². The van der Waals surface area contributed by atoms with Crippen LogP contribution in [-0.4, -0.2) is 0 Å². The van der Waals surface area contributed by atoms with Crippen LogP contribution in [0.5, 0.6) is 0 Å². The van der Waals surface area contributed by atoms with Crippen molar-refractivity contribution in [1.82, 2.24) is 0 Å². The molecule has 0 atom stereocenters. The molecule has 0 aliphatic carbocycles. The lowest BCUT2D eigenvalue weighted by atomic mass is 9.80. The third-order valence-electron chi connectivity index (χ3n) is 9.76. The third kappa shape index (κ3) is 4.46. The molecule has 0 unspecified atom stereocenters. The average Bonchev–Trinajstić information content (AvgIpc) is 3.16. The molecule has 8 aromatic rings. The molecule has 0 amide bonds. The zero-order valence-corrected chi connectivity index (χ0v) is 26.8. The zero-order valence-electron chi connectivity index (χ0n) is 26.8. The standard InChI is InChI=1S/C48H34/c1-5-32-18-8-10-20-36(32)31(4)47-34(6-2)35(7-3)48(44-27-17-16-26-43(44)47)45-29-28-42(39-23-13-14-24-40(39)45)46-30-33-19-9-11-21-37(33)38-22-12-15-25-41(38)46/h5-30H,1-4H2. The van der Waals surface area contributed by atoms with Crippen molar-refractivity contribution in [2.75, 3.05) is 0 Å². The maximum atomic E-state index is 4.65. The van der Waals surface area contributed by atoms with Gasteiger partial charge >= 0.3 is 0 Å². The Balaban J connectivity index is 1.44. The van der Waals surface area contributed by atoms with E-state index in [1.54, 1.807) is 0 Å². The van der Waals surface area contributed by atoms with E-state index in [0.717, 1.165) is 55.3 Å². The molecule has 0 spiro atoms. The van der Waals surface area contributed by atoms with Gasteiger partial charge in [0.25, 0.3) is 0 Å². The van der Waals surface area contributed by atoms with Crippen molar-refractivity contribution in [3.05, 3.63) is 194 Å². The summed E-state index contributed by atoms with van der Waals surface area (Å²) in [5.74, 6) is 0. The molecule has 0 heterocycles. The van der Waals surface area contributed by atoms with E-state index in [9.17, 15) is 0 Å². The summed E-state index contributed by atoms with van der Waals surface area (Å²) >= 11 is 0. The van der Waals surface area contributed by atoms with Gasteiger partial charge in [-0.3, -0.25) is 0 Å². The van der Waals surface area contributed by atoms with Crippen molar-refractivity contribution in [3.63, 3.8) is 0 Å². The predicted octanol–water partition coefficient (Wildman–Crippen LogP) is 13.6. The maximum absolute atomic E-state index is 4.65. The predicted molar refractivity (Wildman–Crippen MR) is 212 cm³/mol. The fraction of sp³-hybridized carbons (Fsp3) is 0. The Morgan fingerprint density at radius 2 is 0.938 bits per heavy atom. The first-order valence-electron chi connectivity index (χ1n) is 16.3. The number of rotatable bonds is 7. The summed E-state index contributed by atoms with van der Waals surface area (Å²) in [5.41, 5.74) is 10.9. The van der Waals surface area contributed by atoms with E-state index in [0.29, 0.717) is 0 Å². The second-order valence-corrected chi connectivity index (χ2v) is 12.2. The highest BCUT2D eigenvalue weighted by molar-refractivity contribution is 6.19. The molecule has 0 N–H and O–H groups in total. The van der Waals surface area contributed by atoms with Crippen LogP contribution < -0.4 is 0 Å². The number of hydrogen-bond acceptors (Lipinski definition) is 0. The van der Waals surface area contributed by atoms with Crippen LogP contribution in [0.3, 0.4) is 0 Å². The van der Waals surface area contributed by atoms with Crippen LogP contribution in [0.1, 0.15) is 27.8 Å². The van der Waals surface area contributed by atoms with E-state index in [2.05, 4.69) is 160 Å². The normalized spacial score (nSPS) is 11.2. The lowest BCUT2D eigenvalue weighted by molar-refractivity contribution is 1.53. The summed E-state index contributed by atoms with van der Waals surface area (Å²) in [6.45, 7) is 17.4. The van der Waals surface area contributed by atoms with Gasteiger partial charge in [-0.15, -0.1) is 0 Å². The largest absolute Gasteiger partial charge is 0.0984 e. The van der Waals surface area contributed by atoms with Gasteiger partial charge in [0.2, 0.25) is 0 Å². The van der Waals surface area contributed by atoms with Gasteiger partial charge in [-0.1, -0.05) is 178 Å². The van der Waals surface area contributed by atoms with E-state index in [4.69, 9.17) is 0 Å². The average molecular weight is 611 g/mol. The lowest BCUT2D eigenvalue weighted by Gasteiger charge is -2.23. The molecule has 0 bridgehead atoms. The Hall–Kier alpha value is -6.24. The van der Waals surface area contributed by atoms with Gasteiger partial charge < -0.3 is 0 Å². The van der Waals surface area contributed by atoms with Crippen LogP contribution in [0, 0.1) is 0 Å². The number of benzene rings is 8. The second-order valence-electron chi connectivity index (χ2n) is 12.2. The molecule has 0 fully saturated rings. The second kappa shape index (κ2) is 11.8. The quantitative estimate of drug-likeness (QED) is 0.158. The third-order valence-corrected chi connectivity index (χ3v) is 9.76. The van der Waals surface area contributed by atoms with E-state index >= 15 is 0 Å². The summed E-state index contributed by atoms with van der Waals surface area (Å²) in [5, 5.41) is 9.72.